The summed E-state index contributed by atoms with van der Waals surface area (Å²) in [5.41, 5.74) is 3.65. The molecular formula is C26H21ClFNO3S2. The van der Waals surface area contributed by atoms with E-state index in [1.807, 2.05) is 31.2 Å². The van der Waals surface area contributed by atoms with Gasteiger partial charge in [-0.1, -0.05) is 77.5 Å². The molecule has 34 heavy (non-hydrogen) atoms. The standard InChI is InChI=1S/C26H21ClFNO3S2/c1-16-3-5-17(6-4-16)14-29-25(30)23(34-26(29)33)13-19-11-21(27)24(22(12-19)31-2)32-15-18-7-9-20(28)10-8-18/h3-13H,14-15H2,1-2H3/b23-13-. The molecule has 1 heterocycles. The van der Waals surface area contributed by atoms with Gasteiger partial charge in [0.15, 0.2) is 11.5 Å². The Morgan fingerprint density at radius 2 is 1.76 bits per heavy atom. The van der Waals surface area contributed by atoms with Crippen LogP contribution in [0.3, 0.4) is 0 Å². The highest BCUT2D eigenvalue weighted by atomic mass is 35.5. The Hall–Kier alpha value is -2.87. The van der Waals surface area contributed by atoms with E-state index in [0.717, 1.165) is 16.7 Å². The molecule has 0 bridgehead atoms. The molecule has 0 aliphatic carbocycles. The Morgan fingerprint density at radius 3 is 2.44 bits per heavy atom. The average molecular weight is 514 g/mol. The summed E-state index contributed by atoms with van der Waals surface area (Å²) < 4.78 is 24.9. The first-order chi connectivity index (χ1) is 16.3. The molecule has 1 saturated heterocycles. The maximum Gasteiger partial charge on any atom is 0.266 e. The molecule has 174 valence electrons. The van der Waals surface area contributed by atoms with E-state index in [2.05, 4.69) is 0 Å². The molecule has 0 N–H and O–H groups in total. The third kappa shape index (κ3) is 5.60. The van der Waals surface area contributed by atoms with Gasteiger partial charge < -0.3 is 9.47 Å². The van der Waals surface area contributed by atoms with Crippen molar-refractivity contribution >= 4 is 51.9 Å². The van der Waals surface area contributed by atoms with Crippen LogP contribution < -0.4 is 9.47 Å². The number of carbonyl (C=O) groups excluding carboxylic acids is 1. The molecule has 0 radical (unpaired) electrons. The SMILES string of the molecule is COc1cc(/C=C2\SC(=S)N(Cc3ccc(C)cc3)C2=O)cc(Cl)c1OCc1ccc(F)cc1. The smallest absolute Gasteiger partial charge is 0.266 e. The van der Waals surface area contributed by atoms with Crippen molar-refractivity contribution in [3.63, 3.8) is 0 Å². The first kappa shape index (κ1) is 24.3. The number of thiocarbonyl (C=S) groups is 1. The first-order valence-electron chi connectivity index (χ1n) is 10.4. The summed E-state index contributed by atoms with van der Waals surface area (Å²) in [5.74, 6) is 0.337. The van der Waals surface area contributed by atoms with E-state index in [4.69, 9.17) is 33.3 Å². The van der Waals surface area contributed by atoms with Crippen LogP contribution >= 0.6 is 35.6 Å². The maximum atomic E-state index is 13.1. The summed E-state index contributed by atoms with van der Waals surface area (Å²) in [4.78, 5) is 15.1. The van der Waals surface area contributed by atoms with Gasteiger partial charge in [0.05, 0.1) is 23.6 Å². The van der Waals surface area contributed by atoms with Crippen molar-refractivity contribution in [1.29, 1.82) is 0 Å². The summed E-state index contributed by atoms with van der Waals surface area (Å²) in [6, 6.07) is 17.5. The normalized spacial score (nSPS) is 14.7. The van der Waals surface area contributed by atoms with E-state index < -0.39 is 0 Å². The minimum atomic E-state index is -0.312. The molecular weight excluding hydrogens is 493 g/mol. The van der Waals surface area contributed by atoms with Crippen LogP contribution in [-0.2, 0) is 17.9 Å². The lowest BCUT2D eigenvalue weighted by Crippen LogP contribution is -2.27. The number of aryl methyl sites for hydroxylation is 1. The van der Waals surface area contributed by atoms with Crippen LogP contribution in [-0.4, -0.2) is 22.2 Å². The van der Waals surface area contributed by atoms with E-state index in [0.29, 0.717) is 37.9 Å². The van der Waals surface area contributed by atoms with Crippen LogP contribution in [0.5, 0.6) is 11.5 Å². The first-order valence-corrected chi connectivity index (χ1v) is 12.0. The Kier molecular flexibility index (Phi) is 7.56. The van der Waals surface area contributed by atoms with Crippen LogP contribution in [0.25, 0.3) is 6.08 Å². The summed E-state index contributed by atoms with van der Waals surface area (Å²) >= 11 is 13.2. The van der Waals surface area contributed by atoms with E-state index >= 15 is 0 Å². The number of benzene rings is 3. The number of halogens is 2. The molecule has 4 rings (SSSR count). The summed E-state index contributed by atoms with van der Waals surface area (Å²) in [6.07, 6.45) is 1.74. The number of ether oxygens (including phenoxy) is 2. The minimum Gasteiger partial charge on any atom is -0.493 e. The van der Waals surface area contributed by atoms with Gasteiger partial charge in [0.25, 0.3) is 5.91 Å². The quantitative estimate of drug-likeness (QED) is 0.257. The molecule has 1 aliphatic heterocycles. The highest BCUT2D eigenvalue weighted by molar-refractivity contribution is 8.26. The van der Waals surface area contributed by atoms with Gasteiger partial charge in [-0.3, -0.25) is 9.69 Å². The Bertz CT molecular complexity index is 1260. The van der Waals surface area contributed by atoms with Gasteiger partial charge in [0.1, 0.15) is 16.7 Å². The molecule has 1 fully saturated rings. The maximum absolute atomic E-state index is 13.1. The highest BCUT2D eigenvalue weighted by Gasteiger charge is 2.32. The average Bonchev–Trinajstić information content (AvgIpc) is 3.07. The number of carbonyl (C=O) groups is 1. The number of nitrogens with zero attached hydrogens (tertiary/aromatic N) is 1. The summed E-state index contributed by atoms with van der Waals surface area (Å²) in [6.45, 7) is 2.64. The second-order valence-corrected chi connectivity index (χ2v) is 9.79. The Labute approximate surface area is 212 Å². The predicted molar refractivity (Wildman–Crippen MR) is 139 cm³/mol. The third-order valence-corrected chi connectivity index (χ3v) is 6.84. The number of hydrogen-bond acceptors (Lipinski definition) is 5. The predicted octanol–water partition coefficient (Wildman–Crippen LogP) is 6.78. The molecule has 0 atom stereocenters. The van der Waals surface area contributed by atoms with Crippen LogP contribution in [0.1, 0.15) is 22.3 Å². The number of amides is 1. The van der Waals surface area contributed by atoms with Crippen molar-refractivity contribution in [1.82, 2.24) is 4.90 Å². The van der Waals surface area contributed by atoms with Gasteiger partial charge in [-0.25, -0.2) is 4.39 Å². The zero-order chi connectivity index (χ0) is 24.2. The number of hydrogen-bond donors (Lipinski definition) is 0. The fourth-order valence-corrected chi connectivity index (χ4v) is 4.89. The molecule has 0 spiro atoms. The molecule has 8 heteroatoms. The van der Waals surface area contributed by atoms with Crippen molar-refractivity contribution < 1.29 is 18.7 Å². The van der Waals surface area contributed by atoms with E-state index in [1.54, 1.807) is 35.2 Å². The zero-order valence-corrected chi connectivity index (χ0v) is 20.9. The van der Waals surface area contributed by atoms with Gasteiger partial charge in [-0.2, -0.15) is 0 Å². The van der Waals surface area contributed by atoms with E-state index in [9.17, 15) is 9.18 Å². The molecule has 0 saturated carbocycles. The molecule has 1 aliphatic rings. The van der Waals surface area contributed by atoms with Crippen LogP contribution in [0.2, 0.25) is 5.02 Å². The third-order valence-electron chi connectivity index (χ3n) is 5.18. The van der Waals surface area contributed by atoms with Crippen LogP contribution in [0.4, 0.5) is 4.39 Å². The van der Waals surface area contributed by atoms with Crippen LogP contribution in [0.15, 0.2) is 65.6 Å². The number of rotatable bonds is 7. The summed E-state index contributed by atoms with van der Waals surface area (Å²) in [7, 11) is 1.52. The fourth-order valence-electron chi connectivity index (χ4n) is 3.36. The fraction of sp³-hybridized carbons (Fsp3) is 0.154. The van der Waals surface area contributed by atoms with Gasteiger partial charge in [0.2, 0.25) is 0 Å². The molecule has 0 unspecified atom stereocenters. The molecule has 4 nitrogen and oxygen atoms in total. The van der Waals surface area contributed by atoms with Gasteiger partial charge in [-0.15, -0.1) is 0 Å². The van der Waals surface area contributed by atoms with Crippen molar-refractivity contribution in [2.45, 2.75) is 20.1 Å². The topological polar surface area (TPSA) is 38.8 Å². The molecule has 3 aromatic carbocycles. The minimum absolute atomic E-state index is 0.151. The van der Waals surface area contributed by atoms with Gasteiger partial charge >= 0.3 is 0 Å². The number of methoxy groups -OCH3 is 1. The van der Waals surface area contributed by atoms with E-state index in [1.165, 1.54) is 31.0 Å². The van der Waals surface area contributed by atoms with Gasteiger partial charge in [0, 0.05) is 0 Å². The summed E-state index contributed by atoms with van der Waals surface area (Å²) in [5, 5.41) is 0.336. The zero-order valence-electron chi connectivity index (χ0n) is 18.5. The lowest BCUT2D eigenvalue weighted by molar-refractivity contribution is -0.122. The van der Waals surface area contributed by atoms with Crippen molar-refractivity contribution in [3.05, 3.63) is 98.7 Å². The van der Waals surface area contributed by atoms with Crippen molar-refractivity contribution in [2.75, 3.05) is 7.11 Å². The molecule has 0 aromatic heterocycles. The van der Waals surface area contributed by atoms with Crippen molar-refractivity contribution in [2.24, 2.45) is 0 Å². The van der Waals surface area contributed by atoms with E-state index in [-0.39, 0.29) is 18.3 Å². The molecule has 3 aromatic rings. The Balaban J connectivity index is 1.52. The van der Waals surface area contributed by atoms with Gasteiger partial charge in [-0.05, 0) is 54.0 Å². The second-order valence-electron chi connectivity index (χ2n) is 7.70. The monoisotopic (exact) mass is 513 g/mol. The highest BCUT2D eigenvalue weighted by Crippen LogP contribution is 2.39. The van der Waals surface area contributed by atoms with Crippen LogP contribution in [0, 0.1) is 12.7 Å². The Morgan fingerprint density at radius 1 is 1.09 bits per heavy atom. The largest absolute Gasteiger partial charge is 0.493 e. The number of thioether (sulfide) groups is 1. The molecule has 1 amide bonds. The van der Waals surface area contributed by atoms with Crippen molar-refractivity contribution in [3.8, 4) is 11.5 Å². The second kappa shape index (κ2) is 10.6. The lowest BCUT2D eigenvalue weighted by atomic mass is 10.1. The lowest BCUT2D eigenvalue weighted by Gasteiger charge is -2.15.